The van der Waals surface area contributed by atoms with E-state index in [4.69, 9.17) is 32.5 Å². The molecule has 24 nitrogen and oxygen atoms in total. The molecule has 3 aromatic rings. The summed E-state index contributed by atoms with van der Waals surface area (Å²) in [7, 11) is -4.73. The number of nitrogens with zero attached hydrogens (tertiary/aromatic N) is 4. The fraction of sp³-hybridized carbons (Fsp3) is 0.605. The number of hydrogen-bond donors (Lipinski definition) is 4. The van der Waals surface area contributed by atoms with Crippen molar-refractivity contribution in [2.45, 2.75) is 122 Å². The van der Waals surface area contributed by atoms with E-state index in [0.717, 1.165) is 16.1 Å². The van der Waals surface area contributed by atoms with Gasteiger partial charge >= 0.3 is 30.9 Å². The highest BCUT2D eigenvalue weighted by atomic mass is 31.2. The fourth-order valence-corrected chi connectivity index (χ4v) is 9.09. The number of rotatable bonds is 18. The minimum absolute atomic E-state index is 0.0655. The number of nitriles is 1. The lowest BCUT2D eigenvalue weighted by molar-refractivity contribution is -0.150. The summed E-state index contributed by atoms with van der Waals surface area (Å²) in [6.45, 7) is 4.13. The van der Waals surface area contributed by atoms with Gasteiger partial charge in [-0.05, 0) is 39.5 Å². The van der Waals surface area contributed by atoms with Crippen LogP contribution < -0.4 is 33.7 Å². The van der Waals surface area contributed by atoms with Crippen LogP contribution in [0.4, 0.5) is 0 Å². The van der Waals surface area contributed by atoms with Crippen LogP contribution in [-0.4, -0.2) is 95.9 Å². The zero-order valence-corrected chi connectivity index (χ0v) is 35.6. The minimum atomic E-state index is -4.73. The zero-order chi connectivity index (χ0) is 45.7. The number of phosphoric ester groups is 1. The van der Waals surface area contributed by atoms with Crippen molar-refractivity contribution in [2.24, 2.45) is 5.92 Å². The molecular formula is C38H48N7O17P. The first-order valence-electron chi connectivity index (χ1n) is 20.0. The van der Waals surface area contributed by atoms with Crippen LogP contribution in [0.25, 0.3) is 0 Å². The zero-order valence-electron chi connectivity index (χ0n) is 34.7. The Morgan fingerprint density at radius 2 is 1.27 bits per heavy atom. The molecule has 3 fully saturated rings. The van der Waals surface area contributed by atoms with E-state index in [2.05, 4.69) is 15.0 Å². The van der Waals surface area contributed by atoms with Crippen LogP contribution in [0.1, 0.15) is 87.2 Å². The van der Waals surface area contributed by atoms with E-state index < -0.39 is 122 Å². The second kappa shape index (κ2) is 20.0. The molecule has 0 aromatic carbocycles. The fourth-order valence-electron chi connectivity index (χ4n) is 7.69. The lowest BCUT2D eigenvalue weighted by atomic mass is 9.92. The largest absolute Gasteiger partial charge is 0.475 e. The molecule has 3 aliphatic rings. The van der Waals surface area contributed by atoms with Gasteiger partial charge in [0, 0.05) is 67.9 Å². The summed E-state index contributed by atoms with van der Waals surface area (Å²) in [5.74, 6) is -1.53. The predicted octanol–water partition coefficient (Wildman–Crippen LogP) is 0.145. The van der Waals surface area contributed by atoms with Gasteiger partial charge < -0.3 is 24.1 Å². The molecule has 0 bridgehead atoms. The molecule has 0 saturated carbocycles. The molecule has 1 unspecified atom stereocenters. The smallest absolute Gasteiger partial charge is 0.460 e. The highest BCUT2D eigenvalue weighted by Gasteiger charge is 2.46. The summed E-state index contributed by atoms with van der Waals surface area (Å²) >= 11 is 0. The van der Waals surface area contributed by atoms with Gasteiger partial charge in [-0.3, -0.25) is 66.2 Å². The molecule has 342 valence electrons. The van der Waals surface area contributed by atoms with Crippen LogP contribution in [0.2, 0.25) is 0 Å². The van der Waals surface area contributed by atoms with Crippen molar-refractivity contribution in [3.63, 3.8) is 0 Å². The van der Waals surface area contributed by atoms with E-state index in [1.54, 1.807) is 0 Å². The Kier molecular flexibility index (Phi) is 14.9. The Bertz CT molecular complexity index is 2640. The Morgan fingerprint density at radius 3 is 1.78 bits per heavy atom. The Morgan fingerprint density at radius 1 is 0.778 bits per heavy atom. The number of nitrogens with one attached hydrogen (secondary N) is 3. The van der Waals surface area contributed by atoms with Crippen LogP contribution in [0, 0.1) is 38.0 Å². The van der Waals surface area contributed by atoms with E-state index in [9.17, 15) is 53.3 Å². The highest BCUT2D eigenvalue weighted by molar-refractivity contribution is 7.48. The third kappa shape index (κ3) is 11.2. The van der Waals surface area contributed by atoms with Crippen LogP contribution in [0.15, 0.2) is 47.4 Å². The first-order valence-corrected chi connectivity index (χ1v) is 21.5. The van der Waals surface area contributed by atoms with Gasteiger partial charge in [-0.15, -0.1) is 0 Å². The number of carbonyl (C=O) groups is 2. The molecule has 0 amide bonds. The number of phosphoric acid groups is 1. The second-order valence-corrected chi connectivity index (χ2v) is 17.2. The molecular weight excluding hydrogens is 857 g/mol. The normalized spacial score (nSPS) is 26.6. The van der Waals surface area contributed by atoms with Gasteiger partial charge in [-0.1, -0.05) is 0 Å². The summed E-state index contributed by atoms with van der Waals surface area (Å²) in [5.41, 5.74) is -3.48. The number of ether oxygens (including phenoxy) is 4. The molecule has 3 saturated heterocycles. The van der Waals surface area contributed by atoms with Crippen molar-refractivity contribution in [3.8, 4) is 6.07 Å². The molecule has 0 spiro atoms. The second-order valence-electron chi connectivity index (χ2n) is 15.5. The summed E-state index contributed by atoms with van der Waals surface area (Å²) in [6, 6.07) is 1.86. The molecule has 25 heteroatoms. The molecule has 10 atom stereocenters. The number of hydrogen-bond acceptors (Lipinski definition) is 18. The minimum Gasteiger partial charge on any atom is -0.460 e. The lowest BCUT2D eigenvalue weighted by Gasteiger charge is -2.26. The number of aliphatic hydroxyl groups is 1. The number of Topliss-reactive ketones (excluding diaryl/α,β-unsaturated/α-hetero) is 1. The Hall–Kier alpha value is -5.38. The quantitative estimate of drug-likeness (QED) is 0.0749. The number of ketones is 1. The van der Waals surface area contributed by atoms with Crippen molar-refractivity contribution in [1.29, 1.82) is 5.26 Å². The summed E-state index contributed by atoms with van der Waals surface area (Å²) < 4.78 is 58.8. The molecule has 0 radical (unpaired) electrons. The Labute approximate surface area is 356 Å². The molecule has 6 heterocycles. The number of aryl methyl sites for hydroxylation is 3. The van der Waals surface area contributed by atoms with Gasteiger partial charge in [0.15, 0.2) is 0 Å². The number of H-pyrrole nitrogens is 3. The van der Waals surface area contributed by atoms with Crippen molar-refractivity contribution >= 4 is 19.6 Å². The average Bonchev–Trinajstić information content (AvgIpc) is 3.93. The third-order valence-electron chi connectivity index (χ3n) is 10.9. The number of aromatic amines is 3. The molecule has 0 aliphatic carbocycles. The van der Waals surface area contributed by atoms with E-state index in [-0.39, 0.29) is 67.4 Å². The van der Waals surface area contributed by atoms with E-state index in [0.29, 0.717) is 0 Å². The first-order chi connectivity index (χ1) is 29.9. The van der Waals surface area contributed by atoms with Gasteiger partial charge in [0.2, 0.25) is 0 Å². The number of aromatic nitrogens is 6. The maximum absolute atomic E-state index is 14.5. The summed E-state index contributed by atoms with van der Waals surface area (Å²) in [6.07, 6.45) is -5.06. The van der Waals surface area contributed by atoms with Crippen molar-refractivity contribution < 1.29 is 51.8 Å². The van der Waals surface area contributed by atoms with Crippen molar-refractivity contribution in [2.75, 3.05) is 19.8 Å². The monoisotopic (exact) mass is 905 g/mol. The maximum Gasteiger partial charge on any atom is 0.475 e. The van der Waals surface area contributed by atoms with E-state index >= 15 is 0 Å². The van der Waals surface area contributed by atoms with Crippen molar-refractivity contribution in [3.05, 3.63) is 97.8 Å². The lowest BCUT2D eigenvalue weighted by Crippen LogP contribution is -2.33. The number of aliphatic hydroxyl groups excluding tert-OH is 1. The molecule has 3 aromatic heterocycles. The van der Waals surface area contributed by atoms with Crippen LogP contribution >= 0.6 is 7.82 Å². The van der Waals surface area contributed by atoms with Crippen LogP contribution in [-0.2, 0) is 46.7 Å². The maximum atomic E-state index is 14.5. The van der Waals surface area contributed by atoms with Gasteiger partial charge in [0.1, 0.15) is 36.7 Å². The first kappa shape index (κ1) is 47.1. The molecule has 4 N–H and O–H groups in total. The highest BCUT2D eigenvalue weighted by Crippen LogP contribution is 2.54. The van der Waals surface area contributed by atoms with Crippen molar-refractivity contribution in [1.82, 2.24) is 28.7 Å². The van der Waals surface area contributed by atoms with Gasteiger partial charge in [0.25, 0.3) is 16.7 Å². The average molecular weight is 906 g/mol. The Balaban J connectivity index is 1.20. The SMILES string of the molecule is CC(=O)O[C@H]1C[C@H](n2cc(C)c(=O)[nH]c2=O)O[C@@H]1COP(=O)(OCCC#N)O[C@H]1C[C@H](n2cc(C)c(=O)[nH]c2=O)O[C@@H]1CCC(=O)C[C@H]1C[C@H](n2cc(C)c(=O)[nH]c2=O)O[C@@H]1CO. The standard InChI is InChI=1S/C38H48N7O17P/c1-19-14-43(36(52)40-33(19)49)30-11-23(28(17-46)60-30)10-24(48)6-7-25-27(13-32(59-25)45-16-21(3)35(51)42-38(45)54)62-63(55,56-9-5-8-39)57-18-29-26(58-22(4)47)12-31(61-29)44-15-20(2)34(50)41-37(44)53/h14-16,23,25-32,46H,5-7,9-13,17-18H2,1-4H3,(H,40,49,52)(H,41,50,53)(H,42,51,54)/t23-,25+,26-,27-,28+,29+,30+,31+,32+,63?/m0/s1. The summed E-state index contributed by atoms with van der Waals surface area (Å²) in [5, 5.41) is 19.3. The summed E-state index contributed by atoms with van der Waals surface area (Å²) in [4.78, 5) is 106. The third-order valence-corrected chi connectivity index (χ3v) is 12.4. The topological polar surface area (TPSA) is 324 Å². The van der Waals surface area contributed by atoms with E-state index in [1.165, 1.54) is 43.9 Å². The van der Waals surface area contributed by atoms with E-state index in [1.807, 2.05) is 6.07 Å². The van der Waals surface area contributed by atoms with Gasteiger partial charge in [-0.25, -0.2) is 18.9 Å². The number of carbonyl (C=O) groups excluding carboxylic acids is 2. The predicted molar refractivity (Wildman–Crippen MR) is 213 cm³/mol. The van der Waals surface area contributed by atoms with Gasteiger partial charge in [-0.2, -0.15) is 5.26 Å². The molecule has 3 aliphatic heterocycles. The molecule has 6 rings (SSSR count). The molecule has 63 heavy (non-hydrogen) atoms. The number of esters is 1. The van der Waals surface area contributed by atoms with Crippen LogP contribution in [0.5, 0.6) is 0 Å². The van der Waals surface area contributed by atoms with Gasteiger partial charge in [0.05, 0.1) is 50.6 Å². The van der Waals surface area contributed by atoms with Crippen LogP contribution in [0.3, 0.4) is 0 Å².